The van der Waals surface area contributed by atoms with E-state index in [1.165, 1.54) is 5.56 Å². The number of aliphatic hydroxyl groups excluding tert-OH is 2. The van der Waals surface area contributed by atoms with Crippen molar-refractivity contribution in [2.24, 2.45) is 11.3 Å². The molecule has 2 aromatic rings. The van der Waals surface area contributed by atoms with Crippen LogP contribution in [0.3, 0.4) is 0 Å². The minimum atomic E-state index is -0.621. The minimum absolute atomic E-state index is 0.00985. The molecule has 0 unspecified atom stereocenters. The number of rotatable bonds is 3. The van der Waals surface area contributed by atoms with Crippen molar-refractivity contribution in [3.05, 3.63) is 65.0 Å². The monoisotopic (exact) mass is 378 g/mol. The molecule has 1 aliphatic heterocycles. The first kappa shape index (κ1) is 17.8. The zero-order valence-electron chi connectivity index (χ0n) is 15.9. The predicted octanol–water partition coefficient (Wildman–Crippen LogP) is 2.17. The fraction of sp³-hybridized carbons (Fsp3) is 0.478. The van der Waals surface area contributed by atoms with Crippen LogP contribution in [0, 0.1) is 11.3 Å². The van der Waals surface area contributed by atoms with E-state index in [2.05, 4.69) is 4.98 Å². The number of aryl methyl sites for hydroxylation is 2. The number of carbonyl (C=O) groups is 1. The SMILES string of the molecule is O=C(c1cnc2c(c1)CCCC2)N1C[C@@H](O)[C@@]2(C1)[C@H](CO)[C@H]2c1ccccc1. The number of likely N-dealkylation sites (tertiary alicyclic amines) is 1. The molecule has 2 fully saturated rings. The summed E-state index contributed by atoms with van der Waals surface area (Å²) in [6.07, 6.45) is 5.36. The van der Waals surface area contributed by atoms with Crippen LogP contribution in [-0.4, -0.2) is 51.8 Å². The first-order valence-electron chi connectivity index (χ1n) is 10.3. The second-order valence-corrected chi connectivity index (χ2v) is 8.53. The fourth-order valence-electron chi connectivity index (χ4n) is 5.61. The van der Waals surface area contributed by atoms with Crippen LogP contribution >= 0.6 is 0 Å². The molecule has 1 aromatic carbocycles. The highest BCUT2D eigenvalue weighted by atomic mass is 16.3. The van der Waals surface area contributed by atoms with Gasteiger partial charge in [-0.3, -0.25) is 9.78 Å². The van der Waals surface area contributed by atoms with Gasteiger partial charge in [-0.15, -0.1) is 0 Å². The van der Waals surface area contributed by atoms with E-state index in [1.54, 1.807) is 11.1 Å². The highest BCUT2D eigenvalue weighted by Crippen LogP contribution is 2.68. The summed E-state index contributed by atoms with van der Waals surface area (Å²) in [5, 5.41) is 20.8. The van der Waals surface area contributed by atoms with Gasteiger partial charge in [0.15, 0.2) is 0 Å². The van der Waals surface area contributed by atoms with E-state index in [0.29, 0.717) is 18.7 Å². The Balaban J connectivity index is 1.39. The van der Waals surface area contributed by atoms with E-state index in [9.17, 15) is 15.0 Å². The van der Waals surface area contributed by atoms with E-state index in [4.69, 9.17) is 0 Å². The van der Waals surface area contributed by atoms with Crippen molar-refractivity contribution in [2.45, 2.75) is 37.7 Å². The van der Waals surface area contributed by atoms with Crippen LogP contribution in [-0.2, 0) is 12.8 Å². The van der Waals surface area contributed by atoms with E-state index < -0.39 is 11.5 Å². The van der Waals surface area contributed by atoms with Crippen molar-refractivity contribution in [1.29, 1.82) is 0 Å². The van der Waals surface area contributed by atoms with Crippen LogP contribution in [0.2, 0.25) is 0 Å². The molecule has 1 saturated carbocycles. The number of β-amino-alcohol motifs (C(OH)–C–C–N with tert-alkyl or cyclic N) is 1. The molecule has 1 amide bonds. The Hall–Kier alpha value is -2.24. The third-order valence-corrected chi connectivity index (χ3v) is 7.10. The van der Waals surface area contributed by atoms with Crippen LogP contribution in [0.25, 0.3) is 0 Å². The molecule has 4 atom stereocenters. The third-order valence-electron chi connectivity index (χ3n) is 7.10. The molecule has 2 N–H and O–H groups in total. The van der Waals surface area contributed by atoms with Crippen molar-refractivity contribution in [2.75, 3.05) is 19.7 Å². The summed E-state index contributed by atoms with van der Waals surface area (Å²) in [4.78, 5) is 19.4. The molecule has 5 heteroatoms. The minimum Gasteiger partial charge on any atom is -0.396 e. The zero-order chi connectivity index (χ0) is 19.3. The molecule has 28 heavy (non-hydrogen) atoms. The highest BCUT2D eigenvalue weighted by Gasteiger charge is 2.71. The molecule has 2 heterocycles. The summed E-state index contributed by atoms with van der Waals surface area (Å²) in [7, 11) is 0. The maximum atomic E-state index is 13.1. The van der Waals surface area contributed by atoms with Gasteiger partial charge in [0.25, 0.3) is 5.91 Å². The number of aromatic nitrogens is 1. The third kappa shape index (κ3) is 2.60. The molecular weight excluding hydrogens is 352 g/mol. The Morgan fingerprint density at radius 3 is 2.79 bits per heavy atom. The first-order chi connectivity index (χ1) is 13.6. The van der Waals surface area contributed by atoms with Crippen molar-refractivity contribution in [3.63, 3.8) is 0 Å². The summed E-state index contributed by atoms with van der Waals surface area (Å²) in [6.45, 7) is 0.823. The smallest absolute Gasteiger partial charge is 0.255 e. The molecule has 2 aliphatic carbocycles. The molecular formula is C23H26N2O3. The first-order valence-corrected chi connectivity index (χ1v) is 10.3. The van der Waals surface area contributed by atoms with Crippen LogP contribution in [0.1, 0.15) is 45.9 Å². The van der Waals surface area contributed by atoms with Gasteiger partial charge in [-0.2, -0.15) is 0 Å². The van der Waals surface area contributed by atoms with Gasteiger partial charge in [0.05, 0.1) is 11.7 Å². The number of nitrogens with zero attached hydrogens (tertiary/aromatic N) is 2. The summed E-state index contributed by atoms with van der Waals surface area (Å²) in [5.74, 6) is 0.0183. The molecule has 1 saturated heterocycles. The van der Waals surface area contributed by atoms with Gasteiger partial charge in [0.1, 0.15) is 0 Å². The predicted molar refractivity (Wildman–Crippen MR) is 105 cm³/mol. The topological polar surface area (TPSA) is 73.7 Å². The Morgan fingerprint density at radius 2 is 2.00 bits per heavy atom. The average molecular weight is 378 g/mol. The van der Waals surface area contributed by atoms with Crippen molar-refractivity contribution in [3.8, 4) is 0 Å². The molecule has 5 rings (SSSR count). The Kier molecular flexibility index (Phi) is 4.25. The van der Waals surface area contributed by atoms with Crippen LogP contribution in [0.15, 0.2) is 42.6 Å². The van der Waals surface area contributed by atoms with Gasteiger partial charge in [-0.25, -0.2) is 0 Å². The fourth-order valence-corrected chi connectivity index (χ4v) is 5.61. The second kappa shape index (κ2) is 6.68. The number of amides is 1. The summed E-state index contributed by atoms with van der Waals surface area (Å²) in [5.41, 5.74) is 3.61. The maximum absolute atomic E-state index is 13.1. The molecule has 146 valence electrons. The van der Waals surface area contributed by atoms with Gasteiger partial charge in [-0.05, 0) is 54.7 Å². The van der Waals surface area contributed by atoms with E-state index in [-0.39, 0.29) is 24.3 Å². The quantitative estimate of drug-likeness (QED) is 0.859. The zero-order valence-corrected chi connectivity index (χ0v) is 15.9. The molecule has 5 nitrogen and oxygen atoms in total. The highest BCUT2D eigenvalue weighted by molar-refractivity contribution is 5.94. The molecule has 3 aliphatic rings. The van der Waals surface area contributed by atoms with Crippen LogP contribution < -0.4 is 0 Å². The summed E-state index contributed by atoms with van der Waals surface area (Å²) in [6, 6.07) is 12.0. The number of aliphatic hydroxyl groups is 2. The lowest BCUT2D eigenvalue weighted by Gasteiger charge is -2.19. The Labute approximate surface area is 165 Å². The second-order valence-electron chi connectivity index (χ2n) is 8.53. The summed E-state index contributed by atoms with van der Waals surface area (Å²) >= 11 is 0. The number of pyridine rings is 1. The van der Waals surface area contributed by atoms with Gasteiger partial charge in [0, 0.05) is 37.0 Å². The van der Waals surface area contributed by atoms with Gasteiger partial charge in [0.2, 0.25) is 0 Å². The number of benzene rings is 1. The molecule has 1 aromatic heterocycles. The molecule has 1 spiro atoms. The standard InChI is InChI=1S/C23H26N2O3/c26-13-18-21(15-6-2-1-3-7-15)23(18)14-25(12-20(23)27)22(28)17-10-16-8-4-5-9-19(16)24-11-17/h1-3,6-7,10-11,18,20-21,26-27H,4-5,8-9,12-14H2/t18-,20-,21-,23-/m1/s1. The van der Waals surface area contributed by atoms with Crippen molar-refractivity contribution >= 4 is 5.91 Å². The number of carbonyl (C=O) groups excluding carboxylic acids is 1. The van der Waals surface area contributed by atoms with Crippen molar-refractivity contribution < 1.29 is 15.0 Å². The van der Waals surface area contributed by atoms with Gasteiger partial charge >= 0.3 is 0 Å². The maximum Gasteiger partial charge on any atom is 0.255 e. The summed E-state index contributed by atoms with van der Waals surface area (Å²) < 4.78 is 0. The lowest BCUT2D eigenvalue weighted by Crippen LogP contribution is -2.30. The average Bonchev–Trinajstić information content (AvgIpc) is 3.28. The van der Waals surface area contributed by atoms with Crippen molar-refractivity contribution in [1.82, 2.24) is 9.88 Å². The lowest BCUT2D eigenvalue weighted by atomic mass is 9.95. The molecule has 0 radical (unpaired) electrons. The van der Waals surface area contributed by atoms with Gasteiger partial charge in [-0.1, -0.05) is 30.3 Å². The molecule has 0 bridgehead atoms. The van der Waals surface area contributed by atoms with E-state index in [0.717, 1.165) is 36.9 Å². The van der Waals surface area contributed by atoms with E-state index >= 15 is 0 Å². The largest absolute Gasteiger partial charge is 0.396 e. The van der Waals surface area contributed by atoms with E-state index in [1.807, 2.05) is 36.4 Å². The number of fused-ring (bicyclic) bond motifs is 1. The van der Waals surface area contributed by atoms with Crippen LogP contribution in [0.4, 0.5) is 0 Å². The number of hydrogen-bond acceptors (Lipinski definition) is 4. The van der Waals surface area contributed by atoms with Gasteiger partial charge < -0.3 is 15.1 Å². The Bertz CT molecular complexity index is 900. The normalized spacial score (nSPS) is 31.1. The van der Waals surface area contributed by atoms with Crippen LogP contribution in [0.5, 0.6) is 0 Å². The lowest BCUT2D eigenvalue weighted by molar-refractivity contribution is 0.0763. The Morgan fingerprint density at radius 1 is 1.21 bits per heavy atom. The number of hydrogen-bond donors (Lipinski definition) is 2.